The number of carbonyl (C=O) groups excluding carboxylic acids is 1. The largest absolute Gasteiger partial charge is 0.386 e. The van der Waals surface area contributed by atoms with Crippen LogP contribution in [0, 0.1) is 0 Å². The van der Waals surface area contributed by atoms with Gasteiger partial charge in [0.05, 0.1) is 17.1 Å². The average molecular weight is 275 g/mol. The summed E-state index contributed by atoms with van der Waals surface area (Å²) >= 11 is 0. The molecule has 2 N–H and O–H groups in total. The van der Waals surface area contributed by atoms with Gasteiger partial charge in [0.1, 0.15) is 5.71 Å². The molecule has 0 bridgehead atoms. The summed E-state index contributed by atoms with van der Waals surface area (Å²) in [4.78, 5) is 20.4. The van der Waals surface area contributed by atoms with E-state index in [4.69, 9.17) is 0 Å². The third-order valence-corrected chi connectivity index (χ3v) is 3.79. The second kappa shape index (κ2) is 4.31. The minimum atomic E-state index is -0.0337. The number of para-hydroxylation sites is 2. The number of nitrogens with zero attached hydrogens (tertiary/aromatic N) is 1. The highest BCUT2D eigenvalue weighted by Crippen LogP contribution is 2.33. The van der Waals surface area contributed by atoms with E-state index in [1.54, 1.807) is 0 Å². The van der Waals surface area contributed by atoms with Crippen molar-refractivity contribution in [2.75, 3.05) is 12.4 Å². The highest BCUT2D eigenvalue weighted by Gasteiger charge is 2.28. The zero-order valence-electron chi connectivity index (χ0n) is 11.5. The monoisotopic (exact) mass is 275 g/mol. The first kappa shape index (κ1) is 11.9. The van der Waals surface area contributed by atoms with E-state index in [1.165, 1.54) is 0 Å². The molecule has 0 saturated carbocycles. The minimum Gasteiger partial charge on any atom is -0.386 e. The number of nitrogens with one attached hydrogen (secondary N) is 2. The van der Waals surface area contributed by atoms with Crippen LogP contribution in [-0.2, 0) is 0 Å². The second-order valence-corrected chi connectivity index (χ2v) is 4.98. The van der Waals surface area contributed by atoms with Crippen molar-refractivity contribution in [3.05, 3.63) is 59.8 Å². The molecule has 0 saturated heterocycles. The van der Waals surface area contributed by atoms with Gasteiger partial charge in [-0.2, -0.15) is 0 Å². The number of Topliss-reactive ketones (excluding diaryl/α,β-unsaturated/α-hetero) is 1. The molecule has 4 nitrogen and oxygen atoms in total. The summed E-state index contributed by atoms with van der Waals surface area (Å²) in [7, 11) is 1.85. The molecule has 0 radical (unpaired) electrons. The molecule has 0 spiro atoms. The maximum atomic E-state index is 12.6. The number of benzene rings is 2. The summed E-state index contributed by atoms with van der Waals surface area (Å²) in [6.45, 7) is 0. The van der Waals surface area contributed by atoms with Crippen LogP contribution < -0.4 is 5.32 Å². The number of aliphatic imine (C=N–C) groups is 1. The Balaban J connectivity index is 1.95. The van der Waals surface area contributed by atoms with E-state index in [2.05, 4.69) is 15.3 Å². The van der Waals surface area contributed by atoms with Crippen LogP contribution in [0.4, 0.5) is 11.4 Å². The summed E-state index contributed by atoms with van der Waals surface area (Å²) in [6.07, 6.45) is 0. The number of anilines is 1. The average Bonchev–Trinajstić information content (AvgIpc) is 3.05. The van der Waals surface area contributed by atoms with Crippen LogP contribution in [-0.4, -0.2) is 23.5 Å². The van der Waals surface area contributed by atoms with E-state index in [0.29, 0.717) is 11.3 Å². The van der Waals surface area contributed by atoms with Gasteiger partial charge in [-0.05, 0) is 18.2 Å². The number of hydrogen-bond acceptors (Lipinski definition) is 3. The van der Waals surface area contributed by atoms with Gasteiger partial charge in [0, 0.05) is 23.5 Å². The molecule has 1 aromatic heterocycles. The molecule has 3 aromatic rings. The van der Waals surface area contributed by atoms with Gasteiger partial charge in [-0.3, -0.25) is 4.79 Å². The number of fused-ring (bicyclic) bond motifs is 2. The Morgan fingerprint density at radius 2 is 1.81 bits per heavy atom. The lowest BCUT2D eigenvalue weighted by Crippen LogP contribution is -2.13. The third-order valence-electron chi connectivity index (χ3n) is 3.79. The van der Waals surface area contributed by atoms with Crippen molar-refractivity contribution in [2.45, 2.75) is 0 Å². The van der Waals surface area contributed by atoms with Crippen molar-refractivity contribution in [1.29, 1.82) is 0 Å². The topological polar surface area (TPSA) is 57.2 Å². The standard InChI is InChI=1S/C17H13N3O/c1-18-14-10-6-2-4-8-12(10)19-15(14)16-17(21)11-7-3-5-9-13(11)20-16/h2-9,18-19H,1H3. The predicted molar refractivity (Wildman–Crippen MR) is 84.8 cm³/mol. The predicted octanol–water partition coefficient (Wildman–Crippen LogP) is 3.53. The summed E-state index contributed by atoms with van der Waals surface area (Å²) in [6, 6.07) is 15.4. The molecule has 4 heteroatoms. The van der Waals surface area contributed by atoms with Gasteiger partial charge in [0.15, 0.2) is 0 Å². The van der Waals surface area contributed by atoms with Crippen molar-refractivity contribution in [2.24, 2.45) is 4.99 Å². The SMILES string of the molecule is CNc1c(C2=Nc3ccccc3C2=O)[nH]c2ccccc12. The number of H-pyrrole nitrogens is 1. The van der Waals surface area contributed by atoms with E-state index in [9.17, 15) is 4.79 Å². The fourth-order valence-electron chi connectivity index (χ4n) is 2.81. The van der Waals surface area contributed by atoms with E-state index in [0.717, 1.165) is 28.0 Å². The van der Waals surface area contributed by atoms with E-state index < -0.39 is 0 Å². The maximum absolute atomic E-state index is 12.6. The molecule has 102 valence electrons. The number of ketones is 1. The number of aromatic amines is 1. The summed E-state index contributed by atoms with van der Waals surface area (Å²) in [5, 5.41) is 4.24. The van der Waals surface area contributed by atoms with E-state index in [1.807, 2.05) is 55.6 Å². The van der Waals surface area contributed by atoms with Gasteiger partial charge in [0.25, 0.3) is 0 Å². The molecule has 2 aromatic carbocycles. The number of aromatic nitrogens is 1. The second-order valence-electron chi connectivity index (χ2n) is 4.98. The summed E-state index contributed by atoms with van der Waals surface area (Å²) < 4.78 is 0. The fourth-order valence-corrected chi connectivity index (χ4v) is 2.81. The van der Waals surface area contributed by atoms with Crippen molar-refractivity contribution >= 4 is 33.8 Å². The van der Waals surface area contributed by atoms with E-state index in [-0.39, 0.29) is 5.78 Å². The normalized spacial score (nSPS) is 13.4. The number of rotatable bonds is 2. The molecule has 0 unspecified atom stereocenters. The Kier molecular flexibility index (Phi) is 2.44. The highest BCUT2D eigenvalue weighted by molar-refractivity contribution is 6.55. The Hall–Kier alpha value is -2.88. The Bertz CT molecular complexity index is 905. The van der Waals surface area contributed by atoms with Crippen LogP contribution in [0.15, 0.2) is 53.5 Å². The third kappa shape index (κ3) is 1.62. The van der Waals surface area contributed by atoms with Crippen molar-refractivity contribution in [1.82, 2.24) is 4.98 Å². The van der Waals surface area contributed by atoms with Crippen LogP contribution in [0.25, 0.3) is 10.9 Å². The first-order chi connectivity index (χ1) is 10.3. The van der Waals surface area contributed by atoms with Crippen LogP contribution >= 0.6 is 0 Å². The number of hydrogen-bond donors (Lipinski definition) is 2. The Morgan fingerprint density at radius 3 is 2.62 bits per heavy atom. The van der Waals surface area contributed by atoms with Crippen LogP contribution in [0.1, 0.15) is 16.1 Å². The molecule has 0 atom stereocenters. The molecule has 0 fully saturated rings. The lowest BCUT2D eigenvalue weighted by molar-refractivity contribution is 0.107. The Morgan fingerprint density at radius 1 is 1.05 bits per heavy atom. The first-order valence-corrected chi connectivity index (χ1v) is 6.81. The van der Waals surface area contributed by atoms with Gasteiger partial charge in [-0.25, -0.2) is 4.99 Å². The molecule has 4 rings (SSSR count). The minimum absolute atomic E-state index is 0.0337. The van der Waals surface area contributed by atoms with Crippen LogP contribution in [0.2, 0.25) is 0 Å². The molecule has 1 aliphatic heterocycles. The van der Waals surface area contributed by atoms with Crippen molar-refractivity contribution < 1.29 is 4.79 Å². The zero-order valence-corrected chi connectivity index (χ0v) is 11.5. The molecular weight excluding hydrogens is 262 g/mol. The van der Waals surface area contributed by atoms with Crippen molar-refractivity contribution in [3.8, 4) is 0 Å². The summed E-state index contributed by atoms with van der Waals surface area (Å²) in [5.41, 5.74) is 4.51. The number of carbonyl (C=O) groups is 1. The zero-order chi connectivity index (χ0) is 14.4. The van der Waals surface area contributed by atoms with Crippen LogP contribution in [0.5, 0.6) is 0 Å². The highest BCUT2D eigenvalue weighted by atomic mass is 16.1. The molecule has 0 amide bonds. The Labute approximate surface area is 121 Å². The molecule has 2 heterocycles. The lowest BCUT2D eigenvalue weighted by Gasteiger charge is -2.02. The van der Waals surface area contributed by atoms with Gasteiger partial charge in [-0.1, -0.05) is 30.3 Å². The fraction of sp³-hybridized carbons (Fsp3) is 0.0588. The molecular formula is C17H13N3O. The van der Waals surface area contributed by atoms with Gasteiger partial charge in [-0.15, -0.1) is 0 Å². The van der Waals surface area contributed by atoms with Gasteiger partial charge in [0.2, 0.25) is 5.78 Å². The lowest BCUT2D eigenvalue weighted by atomic mass is 10.1. The van der Waals surface area contributed by atoms with E-state index >= 15 is 0 Å². The quantitative estimate of drug-likeness (QED) is 0.751. The molecule has 1 aliphatic rings. The first-order valence-electron chi connectivity index (χ1n) is 6.81. The van der Waals surface area contributed by atoms with Crippen molar-refractivity contribution in [3.63, 3.8) is 0 Å². The van der Waals surface area contributed by atoms with Gasteiger partial charge < -0.3 is 10.3 Å². The molecule has 21 heavy (non-hydrogen) atoms. The summed E-state index contributed by atoms with van der Waals surface area (Å²) in [5.74, 6) is -0.0337. The van der Waals surface area contributed by atoms with Gasteiger partial charge >= 0.3 is 0 Å². The maximum Gasteiger partial charge on any atom is 0.215 e. The smallest absolute Gasteiger partial charge is 0.215 e. The van der Waals surface area contributed by atoms with Crippen LogP contribution in [0.3, 0.4) is 0 Å². The molecule has 0 aliphatic carbocycles.